The third-order valence-electron chi connectivity index (χ3n) is 6.35. The summed E-state index contributed by atoms with van der Waals surface area (Å²) in [7, 11) is 0. The monoisotopic (exact) mass is 484 g/mol. The molecular weight excluding hydrogens is 452 g/mol. The zero-order valence-electron chi connectivity index (χ0n) is 19.9. The van der Waals surface area contributed by atoms with Crippen molar-refractivity contribution in [2.24, 2.45) is 11.8 Å². The quantitative estimate of drug-likeness (QED) is 0.538. The zero-order chi connectivity index (χ0) is 24.7. The van der Waals surface area contributed by atoms with Crippen LogP contribution in [0.15, 0.2) is 54.6 Å². The highest BCUT2D eigenvalue weighted by atomic mass is 35.5. The van der Waals surface area contributed by atoms with Crippen LogP contribution in [0.3, 0.4) is 0 Å². The minimum Gasteiger partial charge on any atom is -0.352 e. The fourth-order valence-electron chi connectivity index (χ4n) is 3.90. The predicted molar refractivity (Wildman–Crippen MR) is 135 cm³/mol. The summed E-state index contributed by atoms with van der Waals surface area (Å²) >= 11 is 6.00. The number of hydrogen-bond donors (Lipinski definition) is 3. The molecule has 1 heterocycles. The lowest BCUT2D eigenvalue weighted by Gasteiger charge is -2.36. The van der Waals surface area contributed by atoms with E-state index in [1.54, 1.807) is 53.4 Å². The number of amides is 4. The lowest BCUT2D eigenvalue weighted by Crippen LogP contribution is -2.55. The van der Waals surface area contributed by atoms with E-state index in [9.17, 15) is 14.4 Å². The molecule has 1 aliphatic heterocycles. The van der Waals surface area contributed by atoms with E-state index in [4.69, 9.17) is 11.6 Å². The van der Waals surface area contributed by atoms with Gasteiger partial charge in [-0.1, -0.05) is 49.7 Å². The molecule has 0 bridgehead atoms. The first-order valence-corrected chi connectivity index (χ1v) is 12.1. The average molecular weight is 485 g/mol. The molecule has 0 aromatic heterocycles. The Labute approximate surface area is 206 Å². The van der Waals surface area contributed by atoms with Gasteiger partial charge < -0.3 is 20.9 Å². The number of halogens is 1. The lowest BCUT2D eigenvalue weighted by molar-refractivity contribution is -0.125. The van der Waals surface area contributed by atoms with Gasteiger partial charge in [-0.05, 0) is 61.9 Å². The van der Waals surface area contributed by atoms with Crippen LogP contribution in [0, 0.1) is 11.8 Å². The first-order chi connectivity index (χ1) is 16.2. The number of likely N-dealkylation sites (tertiary alicyclic amines) is 1. The summed E-state index contributed by atoms with van der Waals surface area (Å²) in [5.41, 5.74) is 1.14. The summed E-state index contributed by atoms with van der Waals surface area (Å²) in [6, 6.07) is 15.0. The summed E-state index contributed by atoms with van der Waals surface area (Å²) in [5, 5.41) is 9.42. The van der Waals surface area contributed by atoms with E-state index < -0.39 is 6.04 Å². The van der Waals surface area contributed by atoms with Gasteiger partial charge in [-0.15, -0.1) is 0 Å². The molecule has 0 radical (unpaired) electrons. The van der Waals surface area contributed by atoms with Crippen molar-refractivity contribution in [3.63, 3.8) is 0 Å². The van der Waals surface area contributed by atoms with E-state index in [1.165, 1.54) is 0 Å². The van der Waals surface area contributed by atoms with Crippen molar-refractivity contribution < 1.29 is 14.4 Å². The maximum absolute atomic E-state index is 13.2. The lowest BCUT2D eigenvalue weighted by atomic mass is 9.88. The highest BCUT2D eigenvalue weighted by molar-refractivity contribution is 6.30. The Kier molecular flexibility index (Phi) is 8.93. The molecule has 34 heavy (non-hydrogen) atoms. The second-order valence-corrected chi connectivity index (χ2v) is 9.56. The molecule has 2 aromatic rings. The van der Waals surface area contributed by atoms with Crippen molar-refractivity contribution in [1.29, 1.82) is 0 Å². The number of nitrogens with zero attached hydrogens (tertiary/aromatic N) is 1. The molecule has 8 heteroatoms. The van der Waals surface area contributed by atoms with Crippen LogP contribution < -0.4 is 16.0 Å². The molecule has 4 amide bonds. The van der Waals surface area contributed by atoms with Gasteiger partial charge in [0.15, 0.2) is 0 Å². The maximum atomic E-state index is 13.2. The first-order valence-electron chi connectivity index (χ1n) is 11.7. The number of hydrogen-bond acceptors (Lipinski definition) is 3. The second kappa shape index (κ2) is 11.9. The average Bonchev–Trinajstić information content (AvgIpc) is 2.83. The Morgan fingerprint density at radius 3 is 2.24 bits per heavy atom. The minimum atomic E-state index is -0.674. The van der Waals surface area contributed by atoms with Crippen molar-refractivity contribution in [1.82, 2.24) is 15.5 Å². The zero-order valence-corrected chi connectivity index (χ0v) is 20.6. The molecule has 2 unspecified atom stereocenters. The summed E-state index contributed by atoms with van der Waals surface area (Å²) in [6.45, 7) is 7.02. The number of nitrogens with one attached hydrogen (secondary N) is 3. The molecule has 0 spiro atoms. The predicted octanol–water partition coefficient (Wildman–Crippen LogP) is 4.54. The molecule has 0 saturated carbocycles. The van der Waals surface area contributed by atoms with Crippen LogP contribution in [-0.2, 0) is 4.79 Å². The Bertz CT molecular complexity index is 991. The Morgan fingerprint density at radius 2 is 1.62 bits per heavy atom. The molecule has 1 saturated heterocycles. The van der Waals surface area contributed by atoms with Gasteiger partial charge in [0.2, 0.25) is 5.91 Å². The van der Waals surface area contributed by atoms with Crippen LogP contribution in [0.25, 0.3) is 0 Å². The fourth-order valence-corrected chi connectivity index (χ4v) is 4.09. The smallest absolute Gasteiger partial charge is 0.321 e. The third kappa shape index (κ3) is 6.97. The topological polar surface area (TPSA) is 90.5 Å². The highest BCUT2D eigenvalue weighted by Crippen LogP contribution is 2.23. The number of urea groups is 1. The molecular formula is C26H33ClN4O3. The van der Waals surface area contributed by atoms with Crippen LogP contribution in [0.4, 0.5) is 10.5 Å². The molecule has 3 N–H and O–H groups in total. The summed E-state index contributed by atoms with van der Waals surface area (Å²) < 4.78 is 0. The Balaban J connectivity index is 1.65. The van der Waals surface area contributed by atoms with Crippen LogP contribution in [0.5, 0.6) is 0 Å². The normalized spacial score (nSPS) is 16.0. The number of piperidine rings is 1. The Hall–Kier alpha value is -3.06. The van der Waals surface area contributed by atoms with E-state index in [-0.39, 0.29) is 35.7 Å². The largest absolute Gasteiger partial charge is 0.352 e. The summed E-state index contributed by atoms with van der Waals surface area (Å²) in [4.78, 5) is 40.4. The third-order valence-corrected chi connectivity index (χ3v) is 6.58. The molecule has 7 nitrogen and oxygen atoms in total. The molecule has 182 valence electrons. The summed E-state index contributed by atoms with van der Waals surface area (Å²) in [6.07, 6.45) is 1.21. The van der Waals surface area contributed by atoms with E-state index >= 15 is 0 Å². The van der Waals surface area contributed by atoms with Crippen molar-refractivity contribution in [2.75, 3.05) is 18.4 Å². The molecule has 3 rings (SSSR count). The minimum absolute atomic E-state index is 0.0211. The molecule has 1 fully saturated rings. The van der Waals surface area contributed by atoms with E-state index in [0.29, 0.717) is 42.2 Å². The van der Waals surface area contributed by atoms with Gasteiger partial charge >= 0.3 is 6.03 Å². The summed E-state index contributed by atoms with van der Waals surface area (Å²) in [5.74, 6) is -0.278. The second-order valence-electron chi connectivity index (χ2n) is 9.12. The highest BCUT2D eigenvalue weighted by Gasteiger charge is 2.34. The van der Waals surface area contributed by atoms with Gasteiger partial charge in [0, 0.05) is 35.4 Å². The van der Waals surface area contributed by atoms with Gasteiger partial charge in [0.05, 0.1) is 0 Å². The fraction of sp³-hybridized carbons (Fsp3) is 0.423. The first kappa shape index (κ1) is 25.6. The number of carbonyl (C=O) groups excluding carboxylic acids is 3. The van der Waals surface area contributed by atoms with Crippen LogP contribution in [0.1, 0.15) is 44.0 Å². The van der Waals surface area contributed by atoms with E-state index in [0.717, 1.165) is 0 Å². The number of benzene rings is 2. The van der Waals surface area contributed by atoms with Gasteiger partial charge in [0.25, 0.3) is 5.91 Å². The van der Waals surface area contributed by atoms with Gasteiger partial charge in [-0.3, -0.25) is 9.59 Å². The van der Waals surface area contributed by atoms with Crippen molar-refractivity contribution in [3.05, 3.63) is 65.2 Å². The van der Waals surface area contributed by atoms with Crippen molar-refractivity contribution >= 4 is 35.1 Å². The van der Waals surface area contributed by atoms with Gasteiger partial charge in [-0.2, -0.15) is 0 Å². The van der Waals surface area contributed by atoms with E-state index in [1.807, 2.05) is 26.8 Å². The maximum Gasteiger partial charge on any atom is 0.321 e. The number of anilines is 1. The van der Waals surface area contributed by atoms with Gasteiger partial charge in [-0.25, -0.2) is 4.79 Å². The number of rotatable bonds is 7. The van der Waals surface area contributed by atoms with Gasteiger partial charge in [0.1, 0.15) is 6.04 Å². The van der Waals surface area contributed by atoms with Crippen LogP contribution >= 0.6 is 11.6 Å². The molecule has 1 aliphatic rings. The molecule has 2 aromatic carbocycles. The molecule has 2 atom stereocenters. The van der Waals surface area contributed by atoms with E-state index in [2.05, 4.69) is 16.0 Å². The molecule has 0 aliphatic carbocycles. The SMILES string of the molecule is CC(C)C(C)NC(=O)C(NC(=O)c1ccccc1)C1CCN(C(=O)Nc2cccc(Cl)c2)CC1. The van der Waals surface area contributed by atoms with Crippen molar-refractivity contribution in [3.8, 4) is 0 Å². The Morgan fingerprint density at radius 1 is 0.941 bits per heavy atom. The number of carbonyl (C=O) groups is 3. The standard InChI is InChI=1S/C26H33ClN4O3/c1-17(2)18(3)28-25(33)23(30-24(32)20-8-5-4-6-9-20)19-12-14-31(15-13-19)26(34)29-22-11-7-10-21(27)16-22/h4-11,16-19,23H,12-15H2,1-3H3,(H,28,33)(H,29,34)(H,30,32). The van der Waals surface area contributed by atoms with Crippen LogP contribution in [0.2, 0.25) is 5.02 Å². The van der Waals surface area contributed by atoms with Crippen molar-refractivity contribution in [2.45, 2.75) is 45.7 Å². The van der Waals surface area contributed by atoms with Crippen LogP contribution in [-0.4, -0.2) is 47.9 Å².